The first-order valence-corrected chi connectivity index (χ1v) is 11.2. The number of ether oxygens (including phenoxy) is 3. The summed E-state index contributed by atoms with van der Waals surface area (Å²) in [6.07, 6.45) is 2.06. The van der Waals surface area contributed by atoms with E-state index in [2.05, 4.69) is 20.8 Å². The Morgan fingerprint density at radius 1 is 1.22 bits per heavy atom. The molecule has 3 rings (SSSR count). The van der Waals surface area contributed by atoms with E-state index in [1.165, 1.54) is 12.3 Å². The minimum Gasteiger partial charge on any atom is -0.492 e. The fourth-order valence-corrected chi connectivity index (χ4v) is 2.97. The molecule has 1 aliphatic rings. The van der Waals surface area contributed by atoms with Crippen molar-refractivity contribution in [2.45, 2.75) is 47.6 Å². The fraction of sp³-hybridized carbons (Fsp3) is 0.500. The van der Waals surface area contributed by atoms with Gasteiger partial charge in [-0.05, 0) is 12.0 Å². The van der Waals surface area contributed by atoms with E-state index in [0.29, 0.717) is 54.1 Å². The largest absolute Gasteiger partial charge is 0.492 e. The van der Waals surface area contributed by atoms with Crippen LogP contribution in [0.15, 0.2) is 29.2 Å². The topological polar surface area (TPSA) is 87.0 Å². The van der Waals surface area contributed by atoms with Crippen LogP contribution >= 0.6 is 11.6 Å². The Morgan fingerprint density at radius 2 is 1.88 bits per heavy atom. The van der Waals surface area contributed by atoms with Crippen LogP contribution in [0, 0.1) is 5.92 Å². The molecule has 1 aliphatic heterocycles. The standard InChI is InChI=1S/C18H18ClNO6.C4H10.C2H6/c1-24-4-2-5-25-17-9-16-11(7-13(17)19)14-8-15(21)12(18(22)23)10-20(14)3-6-26-16;1-4(2)3;1-2/h7-10H,2-6H2,1H3,(H,22,23);4H,1-3H3;1-2H3. The number of carboxylic acid groups (broad SMARTS) is 1. The van der Waals surface area contributed by atoms with E-state index in [0.717, 1.165) is 12.3 Å². The van der Waals surface area contributed by atoms with Gasteiger partial charge in [0.1, 0.15) is 23.7 Å². The molecule has 8 heteroatoms. The van der Waals surface area contributed by atoms with E-state index in [4.69, 9.17) is 30.9 Å². The molecule has 0 unspecified atom stereocenters. The van der Waals surface area contributed by atoms with Crippen LogP contribution in [0.25, 0.3) is 11.3 Å². The van der Waals surface area contributed by atoms with E-state index in [9.17, 15) is 9.59 Å². The van der Waals surface area contributed by atoms with Crippen molar-refractivity contribution in [3.05, 3.63) is 45.2 Å². The van der Waals surface area contributed by atoms with Gasteiger partial charge < -0.3 is 23.9 Å². The molecule has 0 radical (unpaired) electrons. The molecule has 0 atom stereocenters. The van der Waals surface area contributed by atoms with Crippen LogP contribution in [-0.4, -0.2) is 42.6 Å². The first-order chi connectivity index (χ1) is 15.2. The van der Waals surface area contributed by atoms with E-state index in [-0.39, 0.29) is 5.56 Å². The Kier molecular flexibility index (Phi) is 11.9. The van der Waals surface area contributed by atoms with E-state index >= 15 is 0 Å². The summed E-state index contributed by atoms with van der Waals surface area (Å²) in [4.78, 5) is 23.3. The number of nitrogens with zero attached hydrogens (tertiary/aromatic N) is 1. The second kappa shape index (κ2) is 13.8. The fourth-order valence-electron chi connectivity index (χ4n) is 2.76. The predicted octanol–water partition coefficient (Wildman–Crippen LogP) is 5.36. The summed E-state index contributed by atoms with van der Waals surface area (Å²) in [6, 6.07) is 4.65. The molecule has 0 spiro atoms. The number of aromatic nitrogens is 1. The third-order valence-electron chi connectivity index (χ3n) is 4.01. The van der Waals surface area contributed by atoms with Crippen molar-refractivity contribution in [2.75, 3.05) is 26.9 Å². The van der Waals surface area contributed by atoms with Gasteiger partial charge in [0, 0.05) is 44.0 Å². The zero-order valence-electron chi connectivity index (χ0n) is 19.7. The number of fused-ring (bicyclic) bond motifs is 3. The molecular formula is C24H34ClNO6. The summed E-state index contributed by atoms with van der Waals surface area (Å²) < 4.78 is 18.1. The Bertz CT molecular complexity index is 936. The van der Waals surface area contributed by atoms with Crippen LogP contribution in [0.1, 0.15) is 51.4 Å². The highest BCUT2D eigenvalue weighted by Gasteiger charge is 2.21. The second-order valence-corrected chi connectivity index (χ2v) is 7.90. The van der Waals surface area contributed by atoms with E-state index < -0.39 is 11.4 Å². The van der Waals surface area contributed by atoms with Gasteiger partial charge in [0.05, 0.1) is 23.9 Å². The highest BCUT2D eigenvalue weighted by molar-refractivity contribution is 6.32. The minimum atomic E-state index is -1.26. The molecule has 7 nitrogen and oxygen atoms in total. The number of rotatable bonds is 6. The lowest BCUT2D eigenvalue weighted by Gasteiger charge is -2.14. The van der Waals surface area contributed by atoms with Crippen LogP contribution in [-0.2, 0) is 11.3 Å². The minimum absolute atomic E-state index is 0.276. The quantitative estimate of drug-likeness (QED) is 0.575. The van der Waals surface area contributed by atoms with Gasteiger partial charge in [-0.1, -0.05) is 46.2 Å². The van der Waals surface area contributed by atoms with Crippen molar-refractivity contribution in [3.8, 4) is 22.8 Å². The molecule has 2 heterocycles. The highest BCUT2D eigenvalue weighted by Crippen LogP contribution is 2.39. The zero-order valence-corrected chi connectivity index (χ0v) is 20.5. The van der Waals surface area contributed by atoms with E-state index in [1.54, 1.807) is 23.8 Å². The number of hydrogen-bond donors (Lipinski definition) is 1. The normalized spacial score (nSPS) is 11.5. The number of methoxy groups -OCH3 is 1. The van der Waals surface area contributed by atoms with Crippen LogP contribution < -0.4 is 14.9 Å². The van der Waals surface area contributed by atoms with Gasteiger partial charge in [0.15, 0.2) is 5.43 Å². The maximum atomic E-state index is 12.1. The molecule has 1 N–H and O–H groups in total. The second-order valence-electron chi connectivity index (χ2n) is 7.49. The summed E-state index contributed by atoms with van der Waals surface area (Å²) in [5.41, 5.74) is 0.333. The summed E-state index contributed by atoms with van der Waals surface area (Å²) in [7, 11) is 1.62. The Morgan fingerprint density at radius 3 is 2.47 bits per heavy atom. The molecule has 32 heavy (non-hydrogen) atoms. The molecule has 0 saturated heterocycles. The summed E-state index contributed by atoms with van der Waals surface area (Å²) in [5, 5.41) is 9.53. The molecule has 1 aromatic heterocycles. The lowest BCUT2D eigenvalue weighted by molar-refractivity contribution is 0.0694. The smallest absolute Gasteiger partial charge is 0.341 e. The van der Waals surface area contributed by atoms with Crippen molar-refractivity contribution in [1.82, 2.24) is 4.57 Å². The third-order valence-corrected chi connectivity index (χ3v) is 4.30. The molecule has 0 amide bonds. The first kappa shape index (κ1) is 27.5. The molecule has 0 fully saturated rings. The van der Waals surface area contributed by atoms with Gasteiger partial charge in [-0.3, -0.25) is 4.79 Å². The summed E-state index contributed by atoms with van der Waals surface area (Å²) in [5.74, 6) is 0.595. The van der Waals surface area contributed by atoms with Crippen molar-refractivity contribution < 1.29 is 24.1 Å². The van der Waals surface area contributed by atoms with Crippen LogP contribution in [0.4, 0.5) is 0 Å². The summed E-state index contributed by atoms with van der Waals surface area (Å²) >= 11 is 6.32. The number of halogens is 1. The Balaban J connectivity index is 0.000000769. The Hall–Kier alpha value is -2.51. The SMILES string of the molecule is CC.CC(C)C.COCCCOc1cc2c(cc1Cl)-c1cc(=O)c(C(=O)O)cn1CCO2. The molecule has 0 saturated carbocycles. The van der Waals surface area contributed by atoms with Gasteiger partial charge in [0.2, 0.25) is 0 Å². The van der Waals surface area contributed by atoms with Gasteiger partial charge in [-0.15, -0.1) is 0 Å². The lowest BCUT2D eigenvalue weighted by atomic mass is 10.1. The number of carbonyl (C=O) groups is 1. The average molecular weight is 468 g/mol. The van der Waals surface area contributed by atoms with E-state index in [1.807, 2.05) is 13.8 Å². The molecule has 1 aromatic carbocycles. The first-order valence-electron chi connectivity index (χ1n) is 10.8. The van der Waals surface area contributed by atoms with Crippen LogP contribution in [0.3, 0.4) is 0 Å². The van der Waals surface area contributed by atoms with Gasteiger partial charge in [-0.25, -0.2) is 4.79 Å². The average Bonchev–Trinajstić information content (AvgIpc) is 2.90. The molecule has 0 bridgehead atoms. The van der Waals surface area contributed by atoms with Gasteiger partial charge in [0.25, 0.3) is 0 Å². The molecule has 0 aliphatic carbocycles. The van der Waals surface area contributed by atoms with Crippen molar-refractivity contribution >= 4 is 17.6 Å². The number of hydrogen-bond acceptors (Lipinski definition) is 5. The van der Waals surface area contributed by atoms with Gasteiger partial charge >= 0.3 is 5.97 Å². The van der Waals surface area contributed by atoms with Crippen molar-refractivity contribution in [1.29, 1.82) is 0 Å². The van der Waals surface area contributed by atoms with Crippen LogP contribution in [0.2, 0.25) is 5.02 Å². The number of carboxylic acids is 1. The summed E-state index contributed by atoms with van der Waals surface area (Å²) in [6.45, 7) is 12.3. The van der Waals surface area contributed by atoms with Gasteiger partial charge in [-0.2, -0.15) is 0 Å². The number of benzene rings is 1. The zero-order chi connectivity index (χ0) is 24.3. The van der Waals surface area contributed by atoms with Crippen molar-refractivity contribution in [2.24, 2.45) is 5.92 Å². The van der Waals surface area contributed by atoms with Crippen LogP contribution in [0.5, 0.6) is 11.5 Å². The molecular weight excluding hydrogens is 434 g/mol. The maximum Gasteiger partial charge on any atom is 0.341 e. The molecule has 2 aromatic rings. The predicted molar refractivity (Wildman–Crippen MR) is 127 cm³/mol. The third kappa shape index (κ3) is 7.88. The number of aromatic carboxylic acids is 1. The lowest BCUT2D eigenvalue weighted by Crippen LogP contribution is -2.19. The van der Waals surface area contributed by atoms with Crippen molar-refractivity contribution in [3.63, 3.8) is 0 Å². The Labute approximate surface area is 194 Å². The molecule has 178 valence electrons. The highest BCUT2D eigenvalue weighted by atomic mass is 35.5. The maximum absolute atomic E-state index is 12.1. The number of pyridine rings is 1. The monoisotopic (exact) mass is 467 g/mol.